The predicted octanol–water partition coefficient (Wildman–Crippen LogP) is 3.01. The molecule has 5 nitrogen and oxygen atoms in total. The van der Waals surface area contributed by atoms with Crippen molar-refractivity contribution in [1.82, 2.24) is 4.98 Å². The molecule has 110 valence electrons. The van der Waals surface area contributed by atoms with E-state index in [4.69, 9.17) is 22.0 Å². The van der Waals surface area contributed by atoms with Crippen molar-refractivity contribution < 1.29 is 8.42 Å². The number of para-hydroxylation sites is 1. The van der Waals surface area contributed by atoms with E-state index in [2.05, 4.69) is 4.98 Å². The molecular weight excluding hydrogens is 322 g/mol. The Balaban J connectivity index is 2.42. The molecule has 2 aromatic carbocycles. The lowest BCUT2D eigenvalue weighted by Crippen LogP contribution is -2.13. The van der Waals surface area contributed by atoms with Crippen LogP contribution >= 0.6 is 11.6 Å². The molecule has 0 saturated heterocycles. The molecule has 0 bridgehead atoms. The number of nitriles is 1. The van der Waals surface area contributed by atoms with Crippen LogP contribution in [0.5, 0.6) is 0 Å². The number of hydrogen-bond donors (Lipinski definition) is 2. The van der Waals surface area contributed by atoms with Gasteiger partial charge in [0.25, 0.3) is 0 Å². The third-order valence-electron chi connectivity index (χ3n) is 3.37. The van der Waals surface area contributed by atoms with Crippen LogP contribution in [-0.4, -0.2) is 13.4 Å². The zero-order valence-electron chi connectivity index (χ0n) is 11.2. The van der Waals surface area contributed by atoms with E-state index >= 15 is 0 Å². The number of fused-ring (bicyclic) bond motifs is 1. The molecule has 0 spiro atoms. The summed E-state index contributed by atoms with van der Waals surface area (Å²) in [4.78, 5) is 2.98. The minimum atomic E-state index is -3.92. The van der Waals surface area contributed by atoms with Gasteiger partial charge in [-0.2, -0.15) is 5.26 Å². The maximum Gasteiger partial charge on any atom is 0.238 e. The summed E-state index contributed by atoms with van der Waals surface area (Å²) in [6.45, 7) is 0. The topological polar surface area (TPSA) is 99.7 Å². The van der Waals surface area contributed by atoms with Crippen molar-refractivity contribution in [3.63, 3.8) is 0 Å². The Morgan fingerprint density at radius 2 is 1.95 bits per heavy atom. The molecule has 0 aliphatic heterocycles. The van der Waals surface area contributed by atoms with Crippen LogP contribution in [0.2, 0.25) is 5.02 Å². The Morgan fingerprint density at radius 1 is 1.18 bits per heavy atom. The van der Waals surface area contributed by atoms with Gasteiger partial charge in [0.1, 0.15) is 0 Å². The van der Waals surface area contributed by atoms with Gasteiger partial charge in [0.2, 0.25) is 10.0 Å². The van der Waals surface area contributed by atoms with E-state index in [0.717, 1.165) is 5.39 Å². The average molecular weight is 332 g/mol. The molecule has 3 N–H and O–H groups in total. The number of primary sulfonamides is 1. The summed E-state index contributed by atoms with van der Waals surface area (Å²) in [6.07, 6.45) is 1.63. The van der Waals surface area contributed by atoms with Crippen molar-refractivity contribution in [1.29, 1.82) is 5.26 Å². The predicted molar refractivity (Wildman–Crippen MR) is 84.8 cm³/mol. The number of aromatic amines is 1. The first-order chi connectivity index (χ1) is 10.4. The Bertz CT molecular complexity index is 1030. The first kappa shape index (κ1) is 14.6. The van der Waals surface area contributed by atoms with Gasteiger partial charge in [-0.15, -0.1) is 0 Å². The molecule has 0 amide bonds. The fourth-order valence-electron chi connectivity index (χ4n) is 2.40. The number of aromatic nitrogens is 1. The molecule has 0 aliphatic rings. The van der Waals surface area contributed by atoms with Crippen LogP contribution in [0.4, 0.5) is 0 Å². The van der Waals surface area contributed by atoms with Crippen molar-refractivity contribution in [2.75, 3.05) is 0 Å². The van der Waals surface area contributed by atoms with E-state index in [1.807, 2.05) is 12.1 Å². The van der Waals surface area contributed by atoms with Crippen LogP contribution in [0.3, 0.4) is 0 Å². The average Bonchev–Trinajstić information content (AvgIpc) is 2.87. The second kappa shape index (κ2) is 5.14. The number of nitrogens with one attached hydrogen (secondary N) is 1. The minimum Gasteiger partial charge on any atom is -0.359 e. The second-order valence-electron chi connectivity index (χ2n) is 4.73. The molecule has 0 radical (unpaired) electrons. The van der Waals surface area contributed by atoms with Crippen molar-refractivity contribution in [3.8, 4) is 17.2 Å². The number of halogens is 1. The zero-order chi connectivity index (χ0) is 15.9. The van der Waals surface area contributed by atoms with E-state index in [1.165, 1.54) is 18.2 Å². The lowest BCUT2D eigenvalue weighted by atomic mass is 10.0. The van der Waals surface area contributed by atoms with E-state index < -0.39 is 10.0 Å². The van der Waals surface area contributed by atoms with Gasteiger partial charge in [0.05, 0.1) is 27.1 Å². The highest BCUT2D eigenvalue weighted by Crippen LogP contribution is 2.35. The number of rotatable bonds is 2. The molecule has 0 fully saturated rings. The Labute approximate surface area is 132 Å². The summed E-state index contributed by atoms with van der Waals surface area (Å²) in [5.74, 6) is 0. The normalized spacial score (nSPS) is 11.5. The Kier molecular flexibility index (Phi) is 3.41. The molecule has 3 aromatic rings. The molecular formula is C15H10ClN3O2S. The number of nitrogens with zero attached hydrogens (tertiary/aromatic N) is 1. The van der Waals surface area contributed by atoms with Crippen LogP contribution in [0.1, 0.15) is 5.56 Å². The first-order valence-electron chi connectivity index (χ1n) is 6.25. The third-order valence-corrected chi connectivity index (χ3v) is 4.65. The lowest BCUT2D eigenvalue weighted by molar-refractivity contribution is 0.598. The van der Waals surface area contributed by atoms with E-state index in [9.17, 15) is 8.42 Å². The van der Waals surface area contributed by atoms with E-state index in [1.54, 1.807) is 18.3 Å². The molecule has 0 saturated carbocycles. The maximum atomic E-state index is 11.8. The van der Waals surface area contributed by atoms with Crippen LogP contribution in [0.25, 0.3) is 22.0 Å². The highest BCUT2D eigenvalue weighted by atomic mass is 35.5. The van der Waals surface area contributed by atoms with Crippen molar-refractivity contribution in [2.24, 2.45) is 5.14 Å². The summed E-state index contributed by atoms with van der Waals surface area (Å²) >= 11 is 6.09. The molecule has 1 aromatic heterocycles. The molecule has 0 aliphatic carbocycles. The van der Waals surface area contributed by atoms with Crippen molar-refractivity contribution in [2.45, 2.75) is 4.90 Å². The van der Waals surface area contributed by atoms with Gasteiger partial charge in [0.15, 0.2) is 0 Å². The van der Waals surface area contributed by atoms with E-state index in [-0.39, 0.29) is 4.90 Å². The number of H-pyrrole nitrogens is 1. The fraction of sp³-hybridized carbons (Fsp3) is 0. The summed E-state index contributed by atoms with van der Waals surface area (Å²) < 4.78 is 23.7. The van der Waals surface area contributed by atoms with Crippen molar-refractivity contribution >= 4 is 32.5 Å². The highest BCUT2D eigenvalue weighted by molar-refractivity contribution is 7.89. The summed E-state index contributed by atoms with van der Waals surface area (Å²) in [6, 6.07) is 11.6. The number of hydrogen-bond acceptors (Lipinski definition) is 3. The summed E-state index contributed by atoms with van der Waals surface area (Å²) in [7, 11) is -3.92. The standard InChI is InChI=1S/C15H10ClN3O2S/c16-13-8-19-15-10(2-1-3-11(13)15)12-6-9(7-17)4-5-14(12)22(18,20)21/h1-6,8,19H,(H2,18,20,21). The van der Waals surface area contributed by atoms with Crippen LogP contribution in [-0.2, 0) is 10.0 Å². The molecule has 0 unspecified atom stereocenters. The Hall–Kier alpha value is -2.33. The molecule has 3 rings (SSSR count). The summed E-state index contributed by atoms with van der Waals surface area (Å²) in [5, 5.41) is 15.6. The highest BCUT2D eigenvalue weighted by Gasteiger charge is 2.18. The van der Waals surface area contributed by atoms with Gasteiger partial charge < -0.3 is 4.98 Å². The van der Waals surface area contributed by atoms with Crippen LogP contribution < -0.4 is 5.14 Å². The molecule has 1 heterocycles. The third kappa shape index (κ3) is 2.35. The number of benzene rings is 2. The SMILES string of the molecule is N#Cc1ccc(S(N)(=O)=O)c(-c2cccc3c(Cl)c[nH]c23)c1. The van der Waals surface area contributed by atoms with Crippen LogP contribution in [0, 0.1) is 11.3 Å². The van der Waals surface area contributed by atoms with Gasteiger partial charge in [-0.05, 0) is 18.2 Å². The molecule has 0 atom stereocenters. The second-order valence-corrected chi connectivity index (χ2v) is 6.67. The number of nitrogens with two attached hydrogens (primary N) is 1. The largest absolute Gasteiger partial charge is 0.359 e. The maximum absolute atomic E-state index is 11.8. The van der Waals surface area contributed by atoms with Gasteiger partial charge >= 0.3 is 0 Å². The van der Waals surface area contributed by atoms with Crippen LogP contribution in [0.15, 0.2) is 47.5 Å². The van der Waals surface area contributed by atoms with E-state index in [0.29, 0.717) is 27.2 Å². The molecule has 7 heteroatoms. The Morgan fingerprint density at radius 3 is 2.64 bits per heavy atom. The van der Waals surface area contributed by atoms with Gasteiger partial charge in [-0.25, -0.2) is 13.6 Å². The minimum absolute atomic E-state index is 0.0373. The lowest BCUT2D eigenvalue weighted by Gasteiger charge is -2.10. The van der Waals surface area contributed by atoms with Gasteiger partial charge in [-0.3, -0.25) is 0 Å². The zero-order valence-corrected chi connectivity index (χ0v) is 12.7. The monoisotopic (exact) mass is 331 g/mol. The number of sulfonamides is 1. The van der Waals surface area contributed by atoms with Gasteiger partial charge in [-0.1, -0.05) is 29.8 Å². The van der Waals surface area contributed by atoms with Crippen molar-refractivity contribution in [3.05, 3.63) is 53.2 Å². The molecule has 22 heavy (non-hydrogen) atoms. The van der Waals surface area contributed by atoms with Gasteiger partial charge in [0, 0.05) is 22.7 Å². The fourth-order valence-corrected chi connectivity index (χ4v) is 3.35. The smallest absolute Gasteiger partial charge is 0.238 e. The first-order valence-corrected chi connectivity index (χ1v) is 8.17. The quantitative estimate of drug-likeness (QED) is 0.754. The summed E-state index contributed by atoms with van der Waals surface area (Å²) in [5.41, 5.74) is 2.01.